The summed E-state index contributed by atoms with van der Waals surface area (Å²) in [7, 11) is 0. The Bertz CT molecular complexity index is 572. The average molecular weight is 303 g/mol. The third kappa shape index (κ3) is 4.52. The molecule has 22 heavy (non-hydrogen) atoms. The molecule has 1 unspecified atom stereocenters. The molecule has 0 bridgehead atoms. The van der Waals surface area contributed by atoms with Gasteiger partial charge in [-0.15, -0.1) is 0 Å². The van der Waals surface area contributed by atoms with Crippen molar-refractivity contribution in [3.05, 3.63) is 35.4 Å². The van der Waals surface area contributed by atoms with Crippen LogP contribution in [0.1, 0.15) is 39.7 Å². The van der Waals surface area contributed by atoms with Crippen molar-refractivity contribution in [3.63, 3.8) is 0 Å². The first kappa shape index (κ1) is 16.4. The predicted octanol–water partition coefficient (Wildman–Crippen LogP) is 4.05. The van der Waals surface area contributed by atoms with Gasteiger partial charge in [-0.2, -0.15) is 0 Å². The van der Waals surface area contributed by atoms with Gasteiger partial charge < -0.3 is 14.7 Å². The molecule has 1 saturated heterocycles. The molecule has 0 spiro atoms. The highest BCUT2D eigenvalue weighted by Gasteiger charge is 2.27. The van der Waals surface area contributed by atoms with E-state index in [2.05, 4.69) is 13.0 Å². The van der Waals surface area contributed by atoms with Crippen molar-refractivity contribution in [2.45, 2.75) is 39.7 Å². The smallest absolute Gasteiger partial charge is 0.410 e. The Kier molecular flexibility index (Phi) is 4.79. The van der Waals surface area contributed by atoms with E-state index in [1.165, 1.54) is 5.57 Å². The molecule has 4 nitrogen and oxygen atoms in total. The van der Waals surface area contributed by atoms with Gasteiger partial charge in [-0.25, -0.2) is 4.79 Å². The summed E-state index contributed by atoms with van der Waals surface area (Å²) in [6.45, 7) is 9.09. The van der Waals surface area contributed by atoms with Crippen molar-refractivity contribution in [2.75, 3.05) is 13.1 Å². The molecule has 1 aromatic carbocycles. The molecular formula is C18H25NO3. The molecule has 1 amide bonds. The maximum absolute atomic E-state index is 12.1. The molecule has 0 aromatic heterocycles. The topological polar surface area (TPSA) is 49.8 Å². The lowest BCUT2D eigenvalue weighted by Gasteiger charge is -2.34. The number of aromatic hydroxyl groups is 1. The number of carbonyl (C=O) groups is 1. The van der Waals surface area contributed by atoms with Crippen molar-refractivity contribution < 1.29 is 14.6 Å². The Labute approximate surface area is 132 Å². The van der Waals surface area contributed by atoms with E-state index in [4.69, 9.17) is 4.74 Å². The highest BCUT2D eigenvalue weighted by molar-refractivity contribution is 5.69. The van der Waals surface area contributed by atoms with E-state index in [0.717, 1.165) is 12.0 Å². The van der Waals surface area contributed by atoms with Crippen molar-refractivity contribution in [1.29, 1.82) is 0 Å². The minimum atomic E-state index is -0.460. The van der Waals surface area contributed by atoms with Crippen LogP contribution in [0.25, 0.3) is 6.08 Å². The first-order chi connectivity index (χ1) is 10.2. The van der Waals surface area contributed by atoms with Gasteiger partial charge in [0.05, 0.1) is 0 Å². The highest BCUT2D eigenvalue weighted by Crippen LogP contribution is 2.26. The minimum absolute atomic E-state index is 0.240. The van der Waals surface area contributed by atoms with E-state index >= 15 is 0 Å². The number of piperidine rings is 1. The van der Waals surface area contributed by atoms with E-state index in [0.29, 0.717) is 13.1 Å². The normalized spacial score (nSPS) is 21.0. The van der Waals surface area contributed by atoms with Crippen molar-refractivity contribution in [1.82, 2.24) is 4.90 Å². The molecular weight excluding hydrogens is 278 g/mol. The van der Waals surface area contributed by atoms with Crippen LogP contribution in [0.5, 0.6) is 5.75 Å². The summed E-state index contributed by atoms with van der Waals surface area (Å²) in [6, 6.07) is 7.22. The Morgan fingerprint density at radius 2 is 2.14 bits per heavy atom. The fraction of sp³-hybridized carbons (Fsp3) is 0.500. The molecule has 1 aliphatic rings. The fourth-order valence-corrected chi connectivity index (χ4v) is 2.58. The van der Waals surface area contributed by atoms with Crippen molar-refractivity contribution in [2.24, 2.45) is 5.92 Å². The van der Waals surface area contributed by atoms with Crippen LogP contribution in [0.15, 0.2) is 29.8 Å². The quantitative estimate of drug-likeness (QED) is 0.851. The molecule has 0 aliphatic carbocycles. The van der Waals surface area contributed by atoms with Gasteiger partial charge in [0.25, 0.3) is 0 Å². The van der Waals surface area contributed by atoms with Crippen LogP contribution in [0.3, 0.4) is 0 Å². The highest BCUT2D eigenvalue weighted by atomic mass is 16.6. The maximum atomic E-state index is 12.1. The summed E-state index contributed by atoms with van der Waals surface area (Å²) in [4.78, 5) is 13.9. The van der Waals surface area contributed by atoms with Crippen LogP contribution in [0.2, 0.25) is 0 Å². The summed E-state index contributed by atoms with van der Waals surface area (Å²) < 4.78 is 5.43. The zero-order chi connectivity index (χ0) is 16.3. The predicted molar refractivity (Wildman–Crippen MR) is 87.7 cm³/mol. The van der Waals surface area contributed by atoms with Crippen LogP contribution in [0, 0.1) is 5.92 Å². The monoisotopic (exact) mass is 303 g/mol. The number of phenolic OH excluding ortho intramolecular Hbond substituents is 1. The Morgan fingerprint density at radius 3 is 2.73 bits per heavy atom. The van der Waals surface area contributed by atoms with Gasteiger partial charge in [-0.05, 0) is 50.8 Å². The molecule has 1 N–H and O–H groups in total. The Balaban J connectivity index is 2.02. The number of likely N-dealkylation sites (tertiary alicyclic amines) is 1. The summed E-state index contributed by atoms with van der Waals surface area (Å²) in [5.41, 5.74) is 1.83. The second-order valence-electron chi connectivity index (χ2n) is 6.89. The van der Waals surface area contributed by atoms with Crippen molar-refractivity contribution >= 4 is 12.2 Å². The van der Waals surface area contributed by atoms with Gasteiger partial charge >= 0.3 is 6.09 Å². The van der Waals surface area contributed by atoms with E-state index < -0.39 is 5.60 Å². The third-order valence-electron chi connectivity index (χ3n) is 3.67. The van der Waals surface area contributed by atoms with Gasteiger partial charge in [-0.1, -0.05) is 30.7 Å². The third-order valence-corrected chi connectivity index (χ3v) is 3.67. The number of rotatable bonds is 1. The molecule has 0 radical (unpaired) electrons. The van der Waals surface area contributed by atoms with Crippen LogP contribution in [0.4, 0.5) is 4.79 Å². The van der Waals surface area contributed by atoms with E-state index in [1.54, 1.807) is 17.0 Å². The molecule has 1 aromatic rings. The first-order valence-corrected chi connectivity index (χ1v) is 7.72. The number of hydrogen-bond donors (Lipinski definition) is 1. The standard InChI is InChI=1S/C18H25NO3/c1-13-12-19(17(21)22-18(2,3)4)9-8-15(13)10-14-6-5-7-16(20)11-14/h5-7,10-11,13,20H,8-9,12H2,1-4H3. The zero-order valence-electron chi connectivity index (χ0n) is 13.8. The number of nitrogens with zero attached hydrogens (tertiary/aromatic N) is 1. The lowest BCUT2D eigenvalue weighted by molar-refractivity contribution is 0.0209. The lowest BCUT2D eigenvalue weighted by Crippen LogP contribution is -2.43. The molecule has 4 heteroatoms. The second-order valence-corrected chi connectivity index (χ2v) is 6.89. The van der Waals surface area contributed by atoms with Crippen LogP contribution < -0.4 is 0 Å². The summed E-state index contributed by atoms with van der Waals surface area (Å²) >= 11 is 0. The van der Waals surface area contributed by atoms with Crippen LogP contribution in [-0.4, -0.2) is 34.8 Å². The van der Waals surface area contributed by atoms with Gasteiger partial charge in [0.1, 0.15) is 11.4 Å². The van der Waals surface area contributed by atoms with E-state index in [-0.39, 0.29) is 17.8 Å². The molecule has 1 atom stereocenters. The zero-order valence-corrected chi connectivity index (χ0v) is 13.8. The largest absolute Gasteiger partial charge is 0.508 e. The number of benzene rings is 1. The Morgan fingerprint density at radius 1 is 1.41 bits per heavy atom. The molecule has 1 fully saturated rings. The molecule has 0 saturated carbocycles. The van der Waals surface area contributed by atoms with Crippen LogP contribution >= 0.6 is 0 Å². The fourth-order valence-electron chi connectivity index (χ4n) is 2.58. The maximum Gasteiger partial charge on any atom is 0.410 e. The average Bonchev–Trinajstić information content (AvgIpc) is 2.39. The number of phenols is 1. The van der Waals surface area contributed by atoms with Crippen molar-refractivity contribution in [3.8, 4) is 5.75 Å². The SMILES string of the molecule is CC1CN(C(=O)OC(C)(C)C)CCC1=Cc1cccc(O)c1. The van der Waals surface area contributed by atoms with E-state index in [9.17, 15) is 9.90 Å². The minimum Gasteiger partial charge on any atom is -0.508 e. The summed E-state index contributed by atoms with van der Waals surface area (Å²) in [5.74, 6) is 0.553. The van der Waals surface area contributed by atoms with E-state index in [1.807, 2.05) is 32.9 Å². The first-order valence-electron chi connectivity index (χ1n) is 7.72. The summed E-state index contributed by atoms with van der Waals surface area (Å²) in [5, 5.41) is 9.53. The molecule has 120 valence electrons. The Hall–Kier alpha value is -1.97. The number of hydrogen-bond acceptors (Lipinski definition) is 3. The molecule has 2 rings (SSSR count). The van der Waals surface area contributed by atoms with Gasteiger partial charge in [-0.3, -0.25) is 0 Å². The number of amides is 1. The second kappa shape index (κ2) is 6.42. The molecule has 1 aliphatic heterocycles. The number of ether oxygens (including phenoxy) is 1. The number of carbonyl (C=O) groups excluding carboxylic acids is 1. The lowest BCUT2D eigenvalue weighted by atomic mass is 9.91. The van der Waals surface area contributed by atoms with Gasteiger partial charge in [0, 0.05) is 13.1 Å². The van der Waals surface area contributed by atoms with Gasteiger partial charge in [0.15, 0.2) is 0 Å². The van der Waals surface area contributed by atoms with Crippen LogP contribution in [-0.2, 0) is 4.74 Å². The van der Waals surface area contributed by atoms with Gasteiger partial charge in [0.2, 0.25) is 0 Å². The molecule has 1 heterocycles. The summed E-state index contributed by atoms with van der Waals surface area (Å²) in [6.07, 6.45) is 2.70.